The molecule has 2 rings (SSSR count). The molecule has 0 saturated carbocycles. The SMILES string of the molecule is O=CC=Cc1ccccc1-c1cccc(O)c1O. The van der Waals surface area contributed by atoms with Gasteiger partial charge in [-0.15, -0.1) is 0 Å². The first-order valence-electron chi connectivity index (χ1n) is 5.46. The van der Waals surface area contributed by atoms with Crippen molar-refractivity contribution in [2.24, 2.45) is 0 Å². The van der Waals surface area contributed by atoms with Crippen LogP contribution in [0, 0.1) is 0 Å². The standard InChI is InChI=1S/C15H12O3/c16-10-4-6-11-5-1-2-7-12(11)13-8-3-9-14(17)15(13)18/h1-10,17-18H. The van der Waals surface area contributed by atoms with Crippen LogP contribution in [0.3, 0.4) is 0 Å². The molecule has 90 valence electrons. The zero-order valence-electron chi connectivity index (χ0n) is 9.58. The third kappa shape index (κ3) is 2.25. The van der Waals surface area contributed by atoms with E-state index in [1.165, 1.54) is 12.1 Å². The average molecular weight is 240 g/mol. The number of hydrogen-bond donors (Lipinski definition) is 2. The second-order valence-corrected chi connectivity index (χ2v) is 3.76. The largest absolute Gasteiger partial charge is 0.504 e. The minimum Gasteiger partial charge on any atom is -0.504 e. The van der Waals surface area contributed by atoms with Crippen molar-refractivity contribution < 1.29 is 15.0 Å². The number of allylic oxidation sites excluding steroid dienone is 1. The van der Waals surface area contributed by atoms with Gasteiger partial charge < -0.3 is 10.2 Å². The number of phenols is 2. The molecule has 0 atom stereocenters. The van der Waals surface area contributed by atoms with Gasteiger partial charge in [0.2, 0.25) is 0 Å². The average Bonchev–Trinajstić information content (AvgIpc) is 2.40. The lowest BCUT2D eigenvalue weighted by atomic mass is 9.98. The number of rotatable bonds is 3. The smallest absolute Gasteiger partial charge is 0.165 e. The van der Waals surface area contributed by atoms with Gasteiger partial charge >= 0.3 is 0 Å². The number of para-hydroxylation sites is 1. The molecular formula is C15H12O3. The Morgan fingerprint density at radius 2 is 1.61 bits per heavy atom. The summed E-state index contributed by atoms with van der Waals surface area (Å²) in [7, 11) is 0. The van der Waals surface area contributed by atoms with Crippen LogP contribution in [0.5, 0.6) is 11.5 Å². The highest BCUT2D eigenvalue weighted by Gasteiger charge is 2.10. The Hall–Kier alpha value is -2.55. The van der Waals surface area contributed by atoms with Crippen LogP contribution in [0.4, 0.5) is 0 Å². The molecule has 0 spiro atoms. The van der Waals surface area contributed by atoms with Crippen molar-refractivity contribution in [3.05, 3.63) is 54.1 Å². The first-order chi connectivity index (χ1) is 8.74. The van der Waals surface area contributed by atoms with Gasteiger partial charge in [-0.05, 0) is 23.3 Å². The summed E-state index contributed by atoms with van der Waals surface area (Å²) in [6.45, 7) is 0. The molecule has 3 nitrogen and oxygen atoms in total. The summed E-state index contributed by atoms with van der Waals surface area (Å²) in [6, 6.07) is 12.1. The van der Waals surface area contributed by atoms with E-state index in [-0.39, 0.29) is 11.5 Å². The Labute approximate surface area is 105 Å². The van der Waals surface area contributed by atoms with E-state index < -0.39 is 0 Å². The number of aldehydes is 1. The van der Waals surface area contributed by atoms with Crippen molar-refractivity contribution >= 4 is 12.4 Å². The summed E-state index contributed by atoms with van der Waals surface area (Å²) in [5.41, 5.74) is 2.08. The molecule has 3 heteroatoms. The molecule has 2 N–H and O–H groups in total. The highest BCUT2D eigenvalue weighted by Crippen LogP contribution is 2.37. The molecular weight excluding hydrogens is 228 g/mol. The molecule has 0 saturated heterocycles. The van der Waals surface area contributed by atoms with Gasteiger partial charge in [0.25, 0.3) is 0 Å². The Kier molecular flexibility index (Phi) is 3.44. The molecule has 2 aromatic carbocycles. The van der Waals surface area contributed by atoms with E-state index in [4.69, 9.17) is 0 Å². The number of carbonyl (C=O) groups is 1. The van der Waals surface area contributed by atoms with Crippen LogP contribution in [-0.2, 0) is 4.79 Å². The number of aromatic hydroxyl groups is 2. The van der Waals surface area contributed by atoms with E-state index in [2.05, 4.69) is 0 Å². The summed E-state index contributed by atoms with van der Waals surface area (Å²) < 4.78 is 0. The first-order valence-corrected chi connectivity index (χ1v) is 5.46. The first kappa shape index (κ1) is 11.9. The molecule has 0 heterocycles. The van der Waals surface area contributed by atoms with Crippen LogP contribution in [0.25, 0.3) is 17.2 Å². The van der Waals surface area contributed by atoms with Crippen LogP contribution in [0.2, 0.25) is 0 Å². The van der Waals surface area contributed by atoms with Crippen molar-refractivity contribution in [1.82, 2.24) is 0 Å². The lowest BCUT2D eigenvalue weighted by molar-refractivity contribution is -0.104. The molecule has 0 amide bonds. The quantitative estimate of drug-likeness (QED) is 0.492. The second kappa shape index (κ2) is 5.19. The van der Waals surface area contributed by atoms with Crippen molar-refractivity contribution in [2.45, 2.75) is 0 Å². The Balaban J connectivity index is 2.60. The van der Waals surface area contributed by atoms with Crippen molar-refractivity contribution in [1.29, 1.82) is 0 Å². The minimum atomic E-state index is -0.165. The van der Waals surface area contributed by atoms with Gasteiger partial charge in [0.1, 0.15) is 6.29 Å². The van der Waals surface area contributed by atoms with Gasteiger partial charge in [-0.1, -0.05) is 42.5 Å². The fourth-order valence-corrected chi connectivity index (χ4v) is 1.78. The number of carbonyl (C=O) groups excluding carboxylic acids is 1. The van der Waals surface area contributed by atoms with Crippen molar-refractivity contribution in [3.63, 3.8) is 0 Å². The van der Waals surface area contributed by atoms with Gasteiger partial charge in [0.05, 0.1) is 0 Å². The van der Waals surface area contributed by atoms with Gasteiger partial charge in [-0.25, -0.2) is 0 Å². The van der Waals surface area contributed by atoms with Crippen LogP contribution in [0.1, 0.15) is 5.56 Å². The molecule has 0 aliphatic heterocycles. The monoisotopic (exact) mass is 240 g/mol. The summed E-state index contributed by atoms with van der Waals surface area (Å²) in [5, 5.41) is 19.4. The lowest BCUT2D eigenvalue weighted by Gasteiger charge is -2.09. The molecule has 2 aromatic rings. The van der Waals surface area contributed by atoms with E-state index in [1.807, 2.05) is 24.3 Å². The Morgan fingerprint density at radius 1 is 0.889 bits per heavy atom. The van der Waals surface area contributed by atoms with Gasteiger partial charge in [0.15, 0.2) is 11.5 Å². The van der Waals surface area contributed by atoms with E-state index in [9.17, 15) is 15.0 Å². The highest BCUT2D eigenvalue weighted by molar-refractivity contribution is 5.83. The second-order valence-electron chi connectivity index (χ2n) is 3.76. The fraction of sp³-hybridized carbons (Fsp3) is 0. The third-order valence-corrected chi connectivity index (χ3v) is 2.62. The maximum Gasteiger partial charge on any atom is 0.165 e. The van der Waals surface area contributed by atoms with Crippen LogP contribution in [-0.4, -0.2) is 16.5 Å². The molecule has 0 aliphatic carbocycles. The van der Waals surface area contributed by atoms with E-state index in [0.717, 1.165) is 11.1 Å². The topological polar surface area (TPSA) is 57.5 Å². The number of benzene rings is 2. The van der Waals surface area contributed by atoms with Gasteiger partial charge in [-0.2, -0.15) is 0 Å². The minimum absolute atomic E-state index is 0.163. The summed E-state index contributed by atoms with van der Waals surface area (Å²) >= 11 is 0. The van der Waals surface area contributed by atoms with Gasteiger partial charge in [-0.3, -0.25) is 4.79 Å². The van der Waals surface area contributed by atoms with Crippen LogP contribution >= 0.6 is 0 Å². The lowest BCUT2D eigenvalue weighted by Crippen LogP contribution is -1.84. The highest BCUT2D eigenvalue weighted by atomic mass is 16.3. The van der Waals surface area contributed by atoms with E-state index >= 15 is 0 Å². The maximum absolute atomic E-state index is 10.4. The normalized spacial score (nSPS) is 10.7. The molecule has 0 radical (unpaired) electrons. The number of hydrogen-bond acceptors (Lipinski definition) is 3. The Bertz CT molecular complexity index is 600. The predicted octanol–water partition coefficient (Wildman–Crippen LogP) is 2.98. The number of phenolic OH excluding ortho intramolecular Hbond substituents is 2. The van der Waals surface area contributed by atoms with Crippen molar-refractivity contribution in [2.75, 3.05) is 0 Å². The fourth-order valence-electron chi connectivity index (χ4n) is 1.78. The van der Waals surface area contributed by atoms with E-state index in [1.54, 1.807) is 18.2 Å². The molecule has 0 unspecified atom stereocenters. The van der Waals surface area contributed by atoms with Gasteiger partial charge in [0, 0.05) is 5.56 Å². The maximum atomic E-state index is 10.4. The molecule has 0 fully saturated rings. The molecule has 18 heavy (non-hydrogen) atoms. The third-order valence-electron chi connectivity index (χ3n) is 2.62. The summed E-state index contributed by atoms with van der Waals surface area (Å²) in [6.07, 6.45) is 3.74. The summed E-state index contributed by atoms with van der Waals surface area (Å²) in [4.78, 5) is 10.4. The summed E-state index contributed by atoms with van der Waals surface area (Å²) in [5.74, 6) is -0.328. The Morgan fingerprint density at radius 3 is 2.39 bits per heavy atom. The predicted molar refractivity (Wildman–Crippen MR) is 70.3 cm³/mol. The molecule has 0 aliphatic rings. The molecule has 0 bridgehead atoms. The van der Waals surface area contributed by atoms with Crippen molar-refractivity contribution in [3.8, 4) is 22.6 Å². The zero-order valence-corrected chi connectivity index (χ0v) is 9.58. The van der Waals surface area contributed by atoms with Crippen LogP contribution < -0.4 is 0 Å². The van der Waals surface area contributed by atoms with Crippen LogP contribution in [0.15, 0.2) is 48.5 Å². The zero-order chi connectivity index (χ0) is 13.0. The van der Waals surface area contributed by atoms with E-state index in [0.29, 0.717) is 11.8 Å². The molecule has 0 aromatic heterocycles.